The Morgan fingerprint density at radius 1 is 1.00 bits per heavy atom. The number of rotatable bonds is 7. The Hall–Kier alpha value is -3.22. The van der Waals surface area contributed by atoms with Crippen molar-refractivity contribution in [2.45, 2.75) is 26.2 Å². The van der Waals surface area contributed by atoms with Crippen LogP contribution in [-0.4, -0.2) is 37.9 Å². The second-order valence-corrected chi connectivity index (χ2v) is 7.44. The Labute approximate surface area is 169 Å². The Morgan fingerprint density at radius 3 is 2.17 bits per heavy atom. The number of amides is 1. The summed E-state index contributed by atoms with van der Waals surface area (Å²) in [6, 6.07) is 10.8. The lowest BCUT2D eigenvalue weighted by Gasteiger charge is -2.19. The zero-order chi connectivity index (χ0) is 21.6. The lowest BCUT2D eigenvalue weighted by Crippen LogP contribution is -2.31. The van der Waals surface area contributed by atoms with Crippen molar-refractivity contribution in [3.05, 3.63) is 65.0 Å². The normalized spacial score (nSPS) is 10.9. The molecule has 0 unspecified atom stereocenters. The number of ketones is 1. The number of methoxy groups -OCH3 is 1. The fourth-order valence-corrected chi connectivity index (χ4v) is 2.50. The number of halogens is 1. The maximum Gasteiger partial charge on any atom is 0.325 e. The quantitative estimate of drug-likeness (QED) is 0.569. The van der Waals surface area contributed by atoms with E-state index in [9.17, 15) is 18.8 Å². The monoisotopic (exact) mass is 401 g/mol. The molecule has 0 radical (unpaired) electrons. The van der Waals surface area contributed by atoms with Crippen molar-refractivity contribution in [3.8, 4) is 5.75 Å². The summed E-state index contributed by atoms with van der Waals surface area (Å²) in [6.45, 7) is 5.27. The molecule has 0 fully saturated rings. The van der Waals surface area contributed by atoms with Crippen molar-refractivity contribution in [2.75, 3.05) is 20.3 Å². The predicted molar refractivity (Wildman–Crippen MR) is 106 cm³/mol. The third kappa shape index (κ3) is 6.14. The maximum absolute atomic E-state index is 13.6. The summed E-state index contributed by atoms with van der Waals surface area (Å²) in [6.07, 6.45) is 0. The lowest BCUT2D eigenvalue weighted by atomic mass is 9.87. The van der Waals surface area contributed by atoms with Gasteiger partial charge in [-0.2, -0.15) is 0 Å². The SMILES string of the molecule is COc1ccc(C(=O)COC(=O)CNC(=O)c2ccc(C(C)(C)C)cc2)cc1F. The van der Waals surface area contributed by atoms with Gasteiger partial charge in [-0.05, 0) is 41.3 Å². The van der Waals surface area contributed by atoms with Crippen molar-refractivity contribution in [1.29, 1.82) is 0 Å². The van der Waals surface area contributed by atoms with Crippen LogP contribution in [0.15, 0.2) is 42.5 Å². The fourth-order valence-electron chi connectivity index (χ4n) is 2.50. The number of carbonyl (C=O) groups is 3. The number of hydrogen-bond acceptors (Lipinski definition) is 5. The average molecular weight is 401 g/mol. The van der Waals surface area contributed by atoms with Gasteiger partial charge in [0.25, 0.3) is 5.91 Å². The number of esters is 1. The van der Waals surface area contributed by atoms with E-state index in [4.69, 9.17) is 9.47 Å². The summed E-state index contributed by atoms with van der Waals surface area (Å²) < 4.78 is 23.3. The molecule has 1 N–H and O–H groups in total. The molecule has 0 saturated carbocycles. The zero-order valence-electron chi connectivity index (χ0n) is 16.9. The van der Waals surface area contributed by atoms with Crippen LogP contribution in [0.1, 0.15) is 47.1 Å². The van der Waals surface area contributed by atoms with Gasteiger partial charge in [0.1, 0.15) is 6.54 Å². The summed E-state index contributed by atoms with van der Waals surface area (Å²) in [5.74, 6) is -2.44. The molecule has 0 aliphatic heterocycles. The van der Waals surface area contributed by atoms with Crippen molar-refractivity contribution in [3.63, 3.8) is 0 Å². The van der Waals surface area contributed by atoms with Crippen molar-refractivity contribution in [2.24, 2.45) is 0 Å². The first kappa shape index (κ1) is 22.1. The summed E-state index contributed by atoms with van der Waals surface area (Å²) in [4.78, 5) is 35.9. The highest BCUT2D eigenvalue weighted by atomic mass is 19.1. The minimum absolute atomic E-state index is 0.0109. The Morgan fingerprint density at radius 2 is 1.62 bits per heavy atom. The first-order valence-corrected chi connectivity index (χ1v) is 9.03. The molecular formula is C22H24FNO5. The summed E-state index contributed by atoms with van der Waals surface area (Å²) in [5.41, 5.74) is 1.52. The maximum atomic E-state index is 13.6. The van der Waals surface area contributed by atoms with Gasteiger partial charge in [0.15, 0.2) is 24.0 Å². The number of hydrogen-bond donors (Lipinski definition) is 1. The minimum atomic E-state index is -0.771. The highest BCUT2D eigenvalue weighted by molar-refractivity contribution is 5.99. The van der Waals surface area contributed by atoms with E-state index >= 15 is 0 Å². The Kier molecular flexibility index (Phi) is 7.09. The molecule has 2 aromatic rings. The molecule has 0 aliphatic carbocycles. The molecule has 0 spiro atoms. The number of Topliss-reactive ketones (excluding diaryl/α,β-unsaturated/α-hetero) is 1. The van der Waals surface area contributed by atoms with Crippen LogP contribution in [0.4, 0.5) is 4.39 Å². The molecule has 0 saturated heterocycles. The molecule has 2 rings (SSSR count). The molecule has 2 aromatic carbocycles. The van der Waals surface area contributed by atoms with Gasteiger partial charge in [-0.15, -0.1) is 0 Å². The van der Waals surface area contributed by atoms with Crippen molar-refractivity contribution >= 4 is 17.7 Å². The average Bonchev–Trinajstić information content (AvgIpc) is 2.69. The highest BCUT2D eigenvalue weighted by Crippen LogP contribution is 2.22. The van der Waals surface area contributed by atoms with E-state index < -0.39 is 30.1 Å². The van der Waals surface area contributed by atoms with Gasteiger partial charge in [-0.25, -0.2) is 4.39 Å². The second kappa shape index (κ2) is 9.32. The van der Waals surface area contributed by atoms with Crippen LogP contribution < -0.4 is 10.1 Å². The van der Waals surface area contributed by atoms with E-state index in [0.717, 1.165) is 11.6 Å². The molecule has 0 aliphatic rings. The van der Waals surface area contributed by atoms with E-state index in [-0.39, 0.29) is 23.3 Å². The molecule has 7 heteroatoms. The molecule has 6 nitrogen and oxygen atoms in total. The van der Waals surface area contributed by atoms with Crippen LogP contribution in [0.25, 0.3) is 0 Å². The van der Waals surface area contributed by atoms with E-state index in [1.807, 2.05) is 12.1 Å². The molecule has 0 aromatic heterocycles. The third-order valence-corrected chi connectivity index (χ3v) is 4.24. The van der Waals surface area contributed by atoms with Crippen LogP contribution >= 0.6 is 0 Å². The van der Waals surface area contributed by atoms with E-state index in [1.165, 1.54) is 19.2 Å². The molecule has 1 amide bonds. The summed E-state index contributed by atoms with van der Waals surface area (Å²) in [5, 5.41) is 2.44. The number of ether oxygens (including phenoxy) is 2. The highest BCUT2D eigenvalue weighted by Gasteiger charge is 2.16. The summed E-state index contributed by atoms with van der Waals surface area (Å²) >= 11 is 0. The minimum Gasteiger partial charge on any atom is -0.494 e. The topological polar surface area (TPSA) is 81.7 Å². The molecular weight excluding hydrogens is 377 g/mol. The van der Waals surface area contributed by atoms with Crippen LogP contribution in [-0.2, 0) is 14.9 Å². The van der Waals surface area contributed by atoms with Gasteiger partial charge < -0.3 is 14.8 Å². The number of nitrogens with one attached hydrogen (secondary N) is 1. The van der Waals surface area contributed by atoms with Gasteiger partial charge in [-0.1, -0.05) is 32.9 Å². The number of carbonyl (C=O) groups excluding carboxylic acids is 3. The molecule has 0 bridgehead atoms. The van der Waals surface area contributed by atoms with E-state index in [2.05, 4.69) is 26.1 Å². The fraction of sp³-hybridized carbons (Fsp3) is 0.318. The van der Waals surface area contributed by atoms with Crippen molar-refractivity contribution in [1.82, 2.24) is 5.32 Å². The first-order valence-electron chi connectivity index (χ1n) is 9.03. The van der Waals surface area contributed by atoms with Gasteiger partial charge in [-0.3, -0.25) is 14.4 Å². The number of benzene rings is 2. The molecule has 154 valence electrons. The van der Waals surface area contributed by atoms with Crippen LogP contribution in [0.3, 0.4) is 0 Å². The van der Waals surface area contributed by atoms with Crippen LogP contribution in [0, 0.1) is 5.82 Å². The third-order valence-electron chi connectivity index (χ3n) is 4.24. The molecule has 0 atom stereocenters. The second-order valence-electron chi connectivity index (χ2n) is 7.44. The summed E-state index contributed by atoms with van der Waals surface area (Å²) in [7, 11) is 1.31. The van der Waals surface area contributed by atoms with Gasteiger partial charge >= 0.3 is 5.97 Å². The van der Waals surface area contributed by atoms with E-state index in [0.29, 0.717) is 5.56 Å². The van der Waals surface area contributed by atoms with Crippen LogP contribution in [0.5, 0.6) is 5.75 Å². The Bertz CT molecular complexity index is 900. The first-order chi connectivity index (χ1) is 13.6. The molecule has 29 heavy (non-hydrogen) atoms. The predicted octanol–water partition coefficient (Wildman–Crippen LogP) is 3.29. The standard InChI is InChI=1S/C22H24FNO5/c1-22(2,3)16-8-5-14(6-9-16)21(27)24-12-20(26)29-13-18(25)15-7-10-19(28-4)17(23)11-15/h5-11H,12-13H2,1-4H3,(H,24,27). The largest absolute Gasteiger partial charge is 0.494 e. The van der Waals surface area contributed by atoms with Gasteiger partial charge in [0.2, 0.25) is 0 Å². The van der Waals surface area contributed by atoms with Crippen molar-refractivity contribution < 1.29 is 28.2 Å². The lowest BCUT2D eigenvalue weighted by molar-refractivity contribution is -0.141. The Balaban J connectivity index is 1.82. The van der Waals surface area contributed by atoms with Gasteiger partial charge in [0.05, 0.1) is 7.11 Å². The molecule has 0 heterocycles. The van der Waals surface area contributed by atoms with Gasteiger partial charge in [0, 0.05) is 11.1 Å². The zero-order valence-corrected chi connectivity index (χ0v) is 16.9. The van der Waals surface area contributed by atoms with Crippen LogP contribution in [0.2, 0.25) is 0 Å². The van der Waals surface area contributed by atoms with E-state index in [1.54, 1.807) is 12.1 Å². The smallest absolute Gasteiger partial charge is 0.325 e.